The zero-order valence-corrected chi connectivity index (χ0v) is 17.7. The predicted molar refractivity (Wildman–Crippen MR) is 106 cm³/mol. The maximum Gasteiger partial charge on any atom is 0.416 e. The molecule has 3 rings (SSSR count). The van der Waals surface area contributed by atoms with Crippen molar-refractivity contribution in [2.75, 3.05) is 0 Å². The molecule has 36 heavy (non-hydrogen) atoms. The molecule has 0 bridgehead atoms. The fraction of sp³-hybridized carbons (Fsp3) is 0.250. The third-order valence-electron chi connectivity index (χ3n) is 5.50. The van der Waals surface area contributed by atoms with Gasteiger partial charge in [-0.15, -0.1) is 0 Å². The highest BCUT2D eigenvalue weighted by molar-refractivity contribution is 5.42. The largest absolute Gasteiger partial charge is 0.416 e. The number of benzene rings is 3. The lowest BCUT2D eigenvalue weighted by Crippen LogP contribution is -2.48. The van der Waals surface area contributed by atoms with Gasteiger partial charge in [0.05, 0.1) is 16.7 Å². The average molecular weight is 528 g/mol. The number of hydrogen-bond acceptors (Lipinski definition) is 1. The Kier molecular flexibility index (Phi) is 6.90. The maximum atomic E-state index is 15.6. The predicted octanol–water partition coefficient (Wildman–Crippen LogP) is 7.86. The highest BCUT2D eigenvalue weighted by Crippen LogP contribution is 2.46. The summed E-state index contributed by atoms with van der Waals surface area (Å²) in [6.07, 6.45) is -15.8. The molecule has 0 heterocycles. The topological polar surface area (TPSA) is 20.2 Å². The first kappa shape index (κ1) is 27.4. The SMILES string of the molecule is OC(c1ccc(C(F)(F)F)cc1)(c1ccc(C(F)(F)F)cc1)C(F)(F)Cc1ccc(C(F)(F)F)cc1. The number of alkyl halides is 11. The van der Waals surface area contributed by atoms with E-state index in [4.69, 9.17) is 0 Å². The minimum atomic E-state index is -4.84. The van der Waals surface area contributed by atoms with Crippen LogP contribution in [0.4, 0.5) is 48.3 Å². The third kappa shape index (κ3) is 5.48. The molecule has 0 fully saturated rings. The summed E-state index contributed by atoms with van der Waals surface area (Å²) in [5.41, 5.74) is -8.94. The second kappa shape index (κ2) is 9.06. The lowest BCUT2D eigenvalue weighted by molar-refractivity contribution is -0.163. The third-order valence-corrected chi connectivity index (χ3v) is 5.50. The van der Waals surface area contributed by atoms with Gasteiger partial charge in [-0.1, -0.05) is 36.4 Å². The van der Waals surface area contributed by atoms with E-state index in [0.29, 0.717) is 60.7 Å². The van der Waals surface area contributed by atoms with Crippen molar-refractivity contribution in [3.05, 3.63) is 106 Å². The quantitative estimate of drug-likeness (QED) is 0.335. The van der Waals surface area contributed by atoms with Crippen molar-refractivity contribution >= 4 is 0 Å². The van der Waals surface area contributed by atoms with E-state index in [2.05, 4.69) is 0 Å². The van der Waals surface area contributed by atoms with E-state index in [9.17, 15) is 44.6 Å². The monoisotopic (exact) mass is 528 g/mol. The van der Waals surface area contributed by atoms with E-state index < -0.39 is 64.3 Å². The summed E-state index contributed by atoms with van der Waals surface area (Å²) in [5.74, 6) is -4.30. The Morgan fingerprint density at radius 3 is 0.944 bits per heavy atom. The first-order valence-corrected chi connectivity index (χ1v) is 9.97. The summed E-state index contributed by atoms with van der Waals surface area (Å²) in [5, 5.41) is 11.2. The van der Waals surface area contributed by atoms with Crippen LogP contribution in [-0.2, 0) is 30.6 Å². The molecule has 12 heteroatoms. The molecule has 0 saturated heterocycles. The van der Waals surface area contributed by atoms with E-state index in [0.717, 1.165) is 12.1 Å². The van der Waals surface area contributed by atoms with E-state index in [-0.39, 0.29) is 5.56 Å². The molecule has 0 aromatic heterocycles. The summed E-state index contributed by atoms with van der Waals surface area (Å²) >= 11 is 0. The molecule has 0 spiro atoms. The zero-order valence-electron chi connectivity index (χ0n) is 17.7. The van der Waals surface area contributed by atoms with Crippen LogP contribution in [0, 0.1) is 0 Å². The van der Waals surface area contributed by atoms with Crippen LogP contribution in [0.1, 0.15) is 33.4 Å². The number of aliphatic hydroxyl groups is 1. The van der Waals surface area contributed by atoms with Crippen LogP contribution in [0.2, 0.25) is 0 Å². The van der Waals surface area contributed by atoms with Crippen LogP contribution in [0.15, 0.2) is 72.8 Å². The van der Waals surface area contributed by atoms with E-state index in [1.54, 1.807) is 0 Å². The molecule has 194 valence electrons. The molecular formula is C24H15F11O. The van der Waals surface area contributed by atoms with Crippen LogP contribution in [-0.4, -0.2) is 11.0 Å². The van der Waals surface area contributed by atoms with Gasteiger partial charge in [0.2, 0.25) is 0 Å². The Bertz CT molecular complexity index is 1110. The van der Waals surface area contributed by atoms with Gasteiger partial charge in [0.15, 0.2) is 5.60 Å². The zero-order chi connectivity index (χ0) is 27.2. The Morgan fingerprint density at radius 2 is 0.667 bits per heavy atom. The highest BCUT2D eigenvalue weighted by atomic mass is 19.4. The normalized spacial score (nSPS) is 13.7. The molecule has 0 unspecified atom stereocenters. The molecule has 3 aromatic carbocycles. The minimum Gasteiger partial charge on any atom is -0.374 e. The molecule has 0 aliphatic carbocycles. The van der Waals surface area contributed by atoms with Gasteiger partial charge < -0.3 is 5.11 Å². The molecule has 0 radical (unpaired) electrons. The Labute approximate surface area is 196 Å². The van der Waals surface area contributed by atoms with Crippen molar-refractivity contribution < 1.29 is 53.4 Å². The first-order chi connectivity index (χ1) is 16.4. The van der Waals surface area contributed by atoms with Crippen LogP contribution in [0.25, 0.3) is 0 Å². The van der Waals surface area contributed by atoms with Gasteiger partial charge in [0, 0.05) is 6.42 Å². The second-order valence-electron chi connectivity index (χ2n) is 7.94. The highest BCUT2D eigenvalue weighted by Gasteiger charge is 2.55. The number of hydrogen-bond donors (Lipinski definition) is 1. The van der Waals surface area contributed by atoms with Gasteiger partial charge >= 0.3 is 18.5 Å². The smallest absolute Gasteiger partial charge is 0.374 e. The van der Waals surface area contributed by atoms with Gasteiger partial charge in [-0.2, -0.15) is 39.5 Å². The van der Waals surface area contributed by atoms with Gasteiger partial charge in [0.1, 0.15) is 0 Å². The standard InChI is InChI=1S/C24H15F11O/c25-20(26,13-14-1-3-17(4-2-14)22(27,28)29)21(36,15-5-9-18(10-6-15)23(30,31)32)16-7-11-19(12-8-16)24(33,34)35/h1-12,36H,13H2. The number of halogens is 11. The summed E-state index contributed by atoms with van der Waals surface area (Å²) in [6.45, 7) is 0. The van der Waals surface area contributed by atoms with Crippen molar-refractivity contribution in [1.82, 2.24) is 0 Å². The van der Waals surface area contributed by atoms with Crippen molar-refractivity contribution in [2.45, 2.75) is 36.5 Å². The Morgan fingerprint density at radius 1 is 0.417 bits per heavy atom. The van der Waals surface area contributed by atoms with E-state index >= 15 is 8.78 Å². The summed E-state index contributed by atoms with van der Waals surface area (Å²) < 4.78 is 147. The van der Waals surface area contributed by atoms with Crippen molar-refractivity contribution in [1.29, 1.82) is 0 Å². The van der Waals surface area contributed by atoms with Crippen molar-refractivity contribution in [3.63, 3.8) is 0 Å². The minimum absolute atomic E-state index is 0.370. The summed E-state index contributed by atoms with van der Waals surface area (Å²) in [6, 6.07) is 6.41. The van der Waals surface area contributed by atoms with Crippen LogP contribution < -0.4 is 0 Å². The fourth-order valence-electron chi connectivity index (χ4n) is 3.59. The van der Waals surface area contributed by atoms with E-state index in [1.165, 1.54) is 0 Å². The Hall–Kier alpha value is -3.15. The average Bonchev–Trinajstić information content (AvgIpc) is 2.77. The molecule has 3 aromatic rings. The molecule has 0 atom stereocenters. The summed E-state index contributed by atoms with van der Waals surface area (Å²) in [4.78, 5) is 0. The maximum absolute atomic E-state index is 15.6. The van der Waals surface area contributed by atoms with Gasteiger partial charge in [-0.3, -0.25) is 0 Å². The molecular weight excluding hydrogens is 513 g/mol. The molecule has 0 aliphatic heterocycles. The van der Waals surface area contributed by atoms with Crippen molar-refractivity contribution in [3.8, 4) is 0 Å². The summed E-state index contributed by atoms with van der Waals surface area (Å²) in [7, 11) is 0. The molecule has 0 aliphatic rings. The molecule has 0 saturated carbocycles. The lowest BCUT2D eigenvalue weighted by atomic mass is 9.78. The number of rotatable bonds is 5. The van der Waals surface area contributed by atoms with Gasteiger partial charge in [-0.25, -0.2) is 8.78 Å². The van der Waals surface area contributed by atoms with Gasteiger partial charge in [0.25, 0.3) is 5.92 Å². The van der Waals surface area contributed by atoms with Crippen LogP contribution in [0.3, 0.4) is 0 Å². The second-order valence-corrected chi connectivity index (χ2v) is 7.94. The Balaban J connectivity index is 2.11. The molecule has 0 amide bonds. The first-order valence-electron chi connectivity index (χ1n) is 9.97. The van der Waals surface area contributed by atoms with Crippen LogP contribution >= 0.6 is 0 Å². The van der Waals surface area contributed by atoms with Gasteiger partial charge in [-0.05, 0) is 53.1 Å². The lowest BCUT2D eigenvalue weighted by Gasteiger charge is -2.37. The van der Waals surface area contributed by atoms with E-state index in [1.807, 2.05) is 0 Å². The van der Waals surface area contributed by atoms with Crippen molar-refractivity contribution in [2.24, 2.45) is 0 Å². The fourth-order valence-corrected chi connectivity index (χ4v) is 3.59. The molecule has 1 nitrogen and oxygen atoms in total. The van der Waals surface area contributed by atoms with Crippen LogP contribution in [0.5, 0.6) is 0 Å². The molecule has 1 N–H and O–H groups in total.